The maximum Gasteiger partial charge on any atom is 0.226 e. The molecule has 5 nitrogen and oxygen atoms in total. The summed E-state index contributed by atoms with van der Waals surface area (Å²) in [4.78, 5) is 9.33. The standard InChI is InChI=1S/C20H18ClN3O2S/c1-25-10-9-24-18-8-3-2-7-17(18)23-20(24)27-13-16-12-26-19(22-16)14-5-4-6-15(21)11-14/h2-8,11-12H,9-10,13H2,1H3. The van der Waals surface area contributed by atoms with Gasteiger partial charge >= 0.3 is 0 Å². The van der Waals surface area contributed by atoms with Crippen LogP contribution < -0.4 is 0 Å². The summed E-state index contributed by atoms with van der Waals surface area (Å²) in [6.45, 7) is 1.39. The lowest BCUT2D eigenvalue weighted by Gasteiger charge is -2.07. The van der Waals surface area contributed by atoms with Crippen LogP contribution in [0, 0.1) is 0 Å². The lowest BCUT2D eigenvalue weighted by atomic mass is 10.2. The Bertz CT molecular complexity index is 1060. The number of hydrogen-bond donors (Lipinski definition) is 0. The Morgan fingerprint density at radius 1 is 1.15 bits per heavy atom. The lowest BCUT2D eigenvalue weighted by molar-refractivity contribution is 0.186. The summed E-state index contributed by atoms with van der Waals surface area (Å²) >= 11 is 7.68. The molecule has 2 heterocycles. The van der Waals surface area contributed by atoms with E-state index in [0.717, 1.165) is 34.0 Å². The van der Waals surface area contributed by atoms with Gasteiger partial charge in [-0.25, -0.2) is 9.97 Å². The van der Waals surface area contributed by atoms with Gasteiger partial charge in [-0.15, -0.1) is 0 Å². The second-order valence-corrected chi connectivity index (χ2v) is 7.35. The highest BCUT2D eigenvalue weighted by atomic mass is 35.5. The smallest absolute Gasteiger partial charge is 0.226 e. The van der Waals surface area contributed by atoms with Crippen molar-refractivity contribution in [1.82, 2.24) is 14.5 Å². The maximum absolute atomic E-state index is 6.05. The second kappa shape index (κ2) is 8.17. The number of nitrogens with zero attached hydrogens (tertiary/aromatic N) is 3. The molecule has 0 aliphatic heterocycles. The minimum absolute atomic E-state index is 0.570. The van der Waals surface area contributed by atoms with E-state index in [-0.39, 0.29) is 0 Å². The molecule has 0 amide bonds. The Kier molecular flexibility index (Phi) is 5.48. The Balaban J connectivity index is 1.53. The van der Waals surface area contributed by atoms with Gasteiger partial charge in [-0.05, 0) is 30.3 Å². The van der Waals surface area contributed by atoms with Gasteiger partial charge in [-0.2, -0.15) is 0 Å². The Morgan fingerprint density at radius 3 is 2.89 bits per heavy atom. The van der Waals surface area contributed by atoms with Gasteiger partial charge in [0.15, 0.2) is 5.16 Å². The molecule has 0 saturated carbocycles. The second-order valence-electron chi connectivity index (χ2n) is 5.97. The van der Waals surface area contributed by atoms with Crippen LogP contribution >= 0.6 is 23.4 Å². The van der Waals surface area contributed by atoms with E-state index in [0.29, 0.717) is 23.3 Å². The summed E-state index contributed by atoms with van der Waals surface area (Å²) in [7, 11) is 1.71. The zero-order chi connectivity index (χ0) is 18.6. The maximum atomic E-state index is 6.05. The molecule has 2 aromatic carbocycles. The van der Waals surface area contributed by atoms with Crippen LogP contribution in [-0.2, 0) is 17.0 Å². The monoisotopic (exact) mass is 399 g/mol. The van der Waals surface area contributed by atoms with Crippen LogP contribution in [0.4, 0.5) is 0 Å². The first-order chi connectivity index (χ1) is 13.2. The lowest BCUT2D eigenvalue weighted by Crippen LogP contribution is -2.05. The molecule has 0 bridgehead atoms. The number of rotatable bonds is 7. The van der Waals surface area contributed by atoms with Crippen molar-refractivity contribution in [3.05, 3.63) is 65.5 Å². The molecule has 0 radical (unpaired) electrons. The van der Waals surface area contributed by atoms with Crippen LogP contribution in [0.5, 0.6) is 0 Å². The Morgan fingerprint density at radius 2 is 2.04 bits per heavy atom. The van der Waals surface area contributed by atoms with Crippen molar-refractivity contribution in [1.29, 1.82) is 0 Å². The van der Waals surface area contributed by atoms with Crippen molar-refractivity contribution >= 4 is 34.4 Å². The molecule has 7 heteroatoms. The summed E-state index contributed by atoms with van der Waals surface area (Å²) in [5.74, 6) is 1.24. The first-order valence-electron chi connectivity index (χ1n) is 8.52. The Labute approximate surface area is 166 Å². The van der Waals surface area contributed by atoms with E-state index < -0.39 is 0 Å². The molecule has 2 aromatic heterocycles. The molecule has 138 valence electrons. The van der Waals surface area contributed by atoms with E-state index in [1.54, 1.807) is 25.1 Å². The van der Waals surface area contributed by atoms with Crippen LogP contribution in [0.25, 0.3) is 22.5 Å². The highest BCUT2D eigenvalue weighted by Crippen LogP contribution is 2.28. The van der Waals surface area contributed by atoms with Crippen molar-refractivity contribution in [2.45, 2.75) is 17.5 Å². The average Bonchev–Trinajstić information content (AvgIpc) is 3.29. The van der Waals surface area contributed by atoms with Crippen molar-refractivity contribution in [2.24, 2.45) is 0 Å². The van der Waals surface area contributed by atoms with Gasteiger partial charge in [0.25, 0.3) is 0 Å². The first-order valence-corrected chi connectivity index (χ1v) is 9.88. The fraction of sp³-hybridized carbons (Fsp3) is 0.200. The number of benzene rings is 2. The molecular formula is C20H18ClN3O2S. The van der Waals surface area contributed by atoms with Crippen molar-refractivity contribution in [3.63, 3.8) is 0 Å². The van der Waals surface area contributed by atoms with Crippen LogP contribution in [-0.4, -0.2) is 28.3 Å². The SMILES string of the molecule is COCCn1c(SCc2coc(-c3cccc(Cl)c3)n2)nc2ccccc21. The largest absolute Gasteiger partial charge is 0.444 e. The summed E-state index contributed by atoms with van der Waals surface area (Å²) in [6, 6.07) is 15.6. The highest BCUT2D eigenvalue weighted by Gasteiger charge is 2.13. The average molecular weight is 400 g/mol. The molecule has 0 unspecified atom stereocenters. The van der Waals surface area contributed by atoms with Crippen molar-refractivity contribution < 1.29 is 9.15 Å². The number of ether oxygens (including phenoxy) is 1. The van der Waals surface area contributed by atoms with Crippen LogP contribution in [0.15, 0.2) is 64.4 Å². The van der Waals surface area contributed by atoms with Crippen molar-refractivity contribution in [3.8, 4) is 11.5 Å². The summed E-state index contributed by atoms with van der Waals surface area (Å²) < 4.78 is 13.0. The summed E-state index contributed by atoms with van der Waals surface area (Å²) in [5, 5.41) is 1.61. The number of methoxy groups -OCH3 is 1. The van der Waals surface area contributed by atoms with E-state index in [4.69, 9.17) is 25.7 Å². The molecule has 0 fully saturated rings. The van der Waals surface area contributed by atoms with Crippen molar-refractivity contribution in [2.75, 3.05) is 13.7 Å². The fourth-order valence-electron chi connectivity index (χ4n) is 2.83. The third-order valence-electron chi connectivity index (χ3n) is 4.11. The van der Waals surface area contributed by atoms with Crippen LogP contribution in [0.1, 0.15) is 5.69 Å². The highest BCUT2D eigenvalue weighted by molar-refractivity contribution is 7.98. The minimum atomic E-state index is 0.570. The third kappa shape index (κ3) is 4.03. The number of imidazole rings is 1. The predicted molar refractivity (Wildman–Crippen MR) is 108 cm³/mol. The van der Waals surface area contributed by atoms with E-state index in [2.05, 4.69) is 15.6 Å². The van der Waals surface area contributed by atoms with Crippen LogP contribution in [0.2, 0.25) is 5.02 Å². The molecule has 0 saturated heterocycles. The zero-order valence-corrected chi connectivity index (χ0v) is 16.3. The van der Waals surface area contributed by atoms with E-state index in [1.165, 1.54) is 0 Å². The molecule has 27 heavy (non-hydrogen) atoms. The van der Waals surface area contributed by atoms with Gasteiger partial charge in [-0.1, -0.05) is 41.6 Å². The molecule has 0 aliphatic carbocycles. The quantitative estimate of drug-likeness (QED) is 0.395. The summed E-state index contributed by atoms with van der Waals surface area (Å²) in [6.07, 6.45) is 1.69. The van der Waals surface area contributed by atoms with Gasteiger partial charge < -0.3 is 13.7 Å². The zero-order valence-electron chi connectivity index (χ0n) is 14.8. The number of thioether (sulfide) groups is 1. The molecule has 0 atom stereocenters. The molecule has 0 N–H and O–H groups in total. The van der Waals surface area contributed by atoms with Gasteiger partial charge in [0.05, 0.1) is 23.3 Å². The van der Waals surface area contributed by atoms with E-state index in [9.17, 15) is 0 Å². The fourth-order valence-corrected chi connectivity index (χ4v) is 3.94. The number of oxazole rings is 1. The van der Waals surface area contributed by atoms with Gasteiger partial charge in [0.1, 0.15) is 6.26 Å². The number of halogens is 1. The third-order valence-corrected chi connectivity index (χ3v) is 5.36. The predicted octanol–water partition coefficient (Wildman–Crippen LogP) is 5.28. The van der Waals surface area contributed by atoms with E-state index in [1.807, 2.05) is 42.5 Å². The van der Waals surface area contributed by atoms with E-state index >= 15 is 0 Å². The number of aromatic nitrogens is 3. The van der Waals surface area contributed by atoms with Gasteiger partial charge in [-0.3, -0.25) is 0 Å². The molecule has 0 aliphatic rings. The summed E-state index contributed by atoms with van der Waals surface area (Å²) in [5.41, 5.74) is 3.82. The van der Waals surface area contributed by atoms with Gasteiger partial charge in [0.2, 0.25) is 5.89 Å². The normalized spacial score (nSPS) is 11.3. The topological polar surface area (TPSA) is 53.1 Å². The van der Waals surface area contributed by atoms with Gasteiger partial charge in [0, 0.05) is 30.0 Å². The Hall–Kier alpha value is -2.28. The molecule has 4 aromatic rings. The number of hydrogen-bond acceptors (Lipinski definition) is 5. The van der Waals surface area contributed by atoms with Crippen LogP contribution in [0.3, 0.4) is 0 Å². The minimum Gasteiger partial charge on any atom is -0.444 e. The molecular weight excluding hydrogens is 382 g/mol. The molecule has 4 rings (SSSR count). The number of para-hydroxylation sites is 2. The first kappa shape index (κ1) is 18.1. The number of fused-ring (bicyclic) bond motifs is 1. The molecule has 0 spiro atoms.